The monoisotopic (exact) mass is 166 g/mol. The normalized spacial score (nSPS) is 9.92. The van der Waals surface area contributed by atoms with Gasteiger partial charge >= 0.3 is 0 Å². The maximum atomic E-state index is 5.11. The van der Waals surface area contributed by atoms with Crippen LogP contribution in [0.4, 0.5) is 0 Å². The first-order valence-corrected chi connectivity index (χ1v) is 3.92. The number of nitrogens with zero attached hydrogens (tertiary/aromatic N) is 1. The minimum Gasteiger partial charge on any atom is -0.497 e. The van der Waals surface area contributed by atoms with E-state index in [2.05, 4.69) is 10.3 Å². The molecule has 0 unspecified atom stereocenters. The molecule has 1 rings (SSSR count). The Bertz CT molecular complexity index is 261. The zero-order valence-corrected chi connectivity index (χ0v) is 7.72. The van der Waals surface area contributed by atoms with Crippen molar-refractivity contribution in [2.75, 3.05) is 14.2 Å². The second-order valence-electron chi connectivity index (χ2n) is 2.67. The molecule has 0 saturated carbocycles. The molecule has 0 saturated heterocycles. The number of hydrogen-bond acceptors (Lipinski definition) is 3. The van der Waals surface area contributed by atoms with Crippen LogP contribution in [-0.4, -0.2) is 19.1 Å². The van der Waals surface area contributed by atoms with E-state index in [9.17, 15) is 0 Å². The van der Waals surface area contributed by atoms with E-state index >= 15 is 0 Å². The predicted octanol–water partition coefficient (Wildman–Crippen LogP) is 1.12. The molecule has 3 nitrogen and oxygen atoms in total. The first-order chi connectivity index (χ1) is 5.76. The summed E-state index contributed by atoms with van der Waals surface area (Å²) < 4.78 is 5.11. The van der Waals surface area contributed by atoms with Crippen LogP contribution in [-0.2, 0) is 6.54 Å². The molecule has 0 aliphatic rings. The van der Waals surface area contributed by atoms with Crippen LogP contribution in [0.5, 0.6) is 5.75 Å². The van der Waals surface area contributed by atoms with E-state index in [1.165, 1.54) is 0 Å². The van der Waals surface area contributed by atoms with Gasteiger partial charge in [0.05, 0.1) is 12.8 Å². The highest BCUT2D eigenvalue weighted by atomic mass is 16.5. The lowest BCUT2D eigenvalue weighted by Crippen LogP contribution is -2.07. The van der Waals surface area contributed by atoms with Crippen LogP contribution in [0.3, 0.4) is 0 Å². The highest BCUT2D eigenvalue weighted by molar-refractivity contribution is 5.26. The summed E-state index contributed by atoms with van der Waals surface area (Å²) in [4.78, 5) is 4.33. The molecule has 0 fully saturated rings. The van der Waals surface area contributed by atoms with Gasteiger partial charge in [0.15, 0.2) is 0 Å². The SMILES string of the molecule is CNCc1cc(OC)cc(C)n1. The lowest BCUT2D eigenvalue weighted by Gasteiger charge is -2.04. The second-order valence-corrected chi connectivity index (χ2v) is 2.67. The Morgan fingerprint density at radius 3 is 2.83 bits per heavy atom. The van der Waals surface area contributed by atoms with Gasteiger partial charge in [-0.15, -0.1) is 0 Å². The molecule has 1 heterocycles. The van der Waals surface area contributed by atoms with Crippen molar-refractivity contribution in [3.8, 4) is 5.75 Å². The van der Waals surface area contributed by atoms with E-state index in [4.69, 9.17) is 4.74 Å². The van der Waals surface area contributed by atoms with E-state index in [1.54, 1.807) is 7.11 Å². The van der Waals surface area contributed by atoms with Gasteiger partial charge in [-0.05, 0) is 14.0 Å². The Balaban J connectivity index is 2.90. The van der Waals surface area contributed by atoms with Crippen LogP contribution in [0, 0.1) is 6.92 Å². The van der Waals surface area contributed by atoms with Gasteiger partial charge in [0.2, 0.25) is 0 Å². The molecule has 3 heteroatoms. The third-order valence-corrected chi connectivity index (χ3v) is 1.57. The number of pyridine rings is 1. The predicted molar refractivity (Wildman–Crippen MR) is 48.3 cm³/mol. The third kappa shape index (κ3) is 2.20. The topological polar surface area (TPSA) is 34.1 Å². The minimum atomic E-state index is 0.776. The number of methoxy groups -OCH3 is 1. The van der Waals surface area contributed by atoms with Gasteiger partial charge in [-0.25, -0.2) is 0 Å². The van der Waals surface area contributed by atoms with E-state index in [0.717, 1.165) is 23.7 Å². The van der Waals surface area contributed by atoms with Gasteiger partial charge in [-0.1, -0.05) is 0 Å². The third-order valence-electron chi connectivity index (χ3n) is 1.57. The first kappa shape index (κ1) is 9.00. The highest BCUT2D eigenvalue weighted by Crippen LogP contribution is 2.12. The summed E-state index contributed by atoms with van der Waals surface area (Å²) in [5.74, 6) is 0.868. The van der Waals surface area contributed by atoms with Crippen molar-refractivity contribution in [3.63, 3.8) is 0 Å². The summed E-state index contributed by atoms with van der Waals surface area (Å²) in [6.45, 7) is 2.74. The zero-order chi connectivity index (χ0) is 8.97. The Labute approximate surface area is 72.8 Å². The standard InChI is InChI=1S/C9H14N2O/c1-7-4-9(12-3)5-8(11-7)6-10-2/h4-5,10H,6H2,1-3H3. The van der Waals surface area contributed by atoms with Gasteiger partial charge < -0.3 is 10.1 Å². The molecule has 0 radical (unpaired) electrons. The minimum absolute atomic E-state index is 0.776. The number of aromatic nitrogens is 1. The average Bonchev–Trinajstić information content (AvgIpc) is 2.04. The summed E-state index contributed by atoms with van der Waals surface area (Å²) in [6, 6.07) is 3.85. The van der Waals surface area contributed by atoms with E-state index in [-0.39, 0.29) is 0 Å². The van der Waals surface area contributed by atoms with Crippen LogP contribution in [0.25, 0.3) is 0 Å². The molecule has 0 aliphatic heterocycles. The van der Waals surface area contributed by atoms with Crippen LogP contribution < -0.4 is 10.1 Å². The molecular formula is C9H14N2O. The van der Waals surface area contributed by atoms with Gasteiger partial charge in [0, 0.05) is 24.4 Å². The Kier molecular flexibility index (Phi) is 3.05. The Morgan fingerprint density at radius 2 is 2.25 bits per heavy atom. The second kappa shape index (κ2) is 4.07. The molecule has 1 N–H and O–H groups in total. The lowest BCUT2D eigenvalue weighted by molar-refractivity contribution is 0.413. The fraction of sp³-hybridized carbons (Fsp3) is 0.444. The molecular weight excluding hydrogens is 152 g/mol. The van der Waals surface area contributed by atoms with Crippen LogP contribution in [0.2, 0.25) is 0 Å². The quantitative estimate of drug-likeness (QED) is 0.730. The van der Waals surface area contributed by atoms with Gasteiger partial charge in [-0.3, -0.25) is 4.98 Å². The summed E-state index contributed by atoms with van der Waals surface area (Å²) in [5.41, 5.74) is 1.99. The van der Waals surface area contributed by atoms with Crippen molar-refractivity contribution in [1.82, 2.24) is 10.3 Å². The van der Waals surface area contributed by atoms with Gasteiger partial charge in [0.25, 0.3) is 0 Å². The molecule has 1 aromatic heterocycles. The number of ether oxygens (including phenoxy) is 1. The number of aryl methyl sites for hydroxylation is 1. The first-order valence-electron chi connectivity index (χ1n) is 3.92. The molecule has 0 atom stereocenters. The maximum absolute atomic E-state index is 5.11. The van der Waals surface area contributed by atoms with Crippen molar-refractivity contribution in [3.05, 3.63) is 23.5 Å². The summed E-state index contributed by atoms with van der Waals surface area (Å²) in [5, 5.41) is 3.04. The molecule has 0 bridgehead atoms. The molecule has 0 spiro atoms. The number of nitrogens with one attached hydrogen (secondary N) is 1. The zero-order valence-electron chi connectivity index (χ0n) is 7.72. The molecule has 12 heavy (non-hydrogen) atoms. The number of rotatable bonds is 3. The van der Waals surface area contributed by atoms with Crippen LogP contribution in [0.1, 0.15) is 11.4 Å². The average molecular weight is 166 g/mol. The highest BCUT2D eigenvalue weighted by Gasteiger charge is 1.98. The Morgan fingerprint density at radius 1 is 1.50 bits per heavy atom. The van der Waals surface area contributed by atoms with Crippen molar-refractivity contribution < 1.29 is 4.74 Å². The fourth-order valence-corrected chi connectivity index (χ4v) is 1.09. The molecule has 0 aromatic carbocycles. The van der Waals surface area contributed by atoms with E-state index in [1.807, 2.05) is 26.1 Å². The molecule has 0 amide bonds. The van der Waals surface area contributed by atoms with Crippen LogP contribution in [0.15, 0.2) is 12.1 Å². The Hall–Kier alpha value is -1.09. The van der Waals surface area contributed by atoms with Gasteiger partial charge in [0.1, 0.15) is 5.75 Å². The molecule has 0 aliphatic carbocycles. The van der Waals surface area contributed by atoms with E-state index in [0.29, 0.717) is 0 Å². The smallest absolute Gasteiger partial charge is 0.122 e. The summed E-state index contributed by atoms with van der Waals surface area (Å²) in [6.07, 6.45) is 0. The summed E-state index contributed by atoms with van der Waals surface area (Å²) in [7, 11) is 3.56. The van der Waals surface area contributed by atoms with Crippen molar-refractivity contribution >= 4 is 0 Å². The van der Waals surface area contributed by atoms with E-state index < -0.39 is 0 Å². The fourth-order valence-electron chi connectivity index (χ4n) is 1.09. The van der Waals surface area contributed by atoms with Crippen molar-refractivity contribution in [2.45, 2.75) is 13.5 Å². The van der Waals surface area contributed by atoms with Crippen LogP contribution >= 0.6 is 0 Å². The summed E-state index contributed by atoms with van der Waals surface area (Å²) >= 11 is 0. The largest absolute Gasteiger partial charge is 0.497 e. The van der Waals surface area contributed by atoms with Crippen molar-refractivity contribution in [2.24, 2.45) is 0 Å². The molecule has 1 aromatic rings. The lowest BCUT2D eigenvalue weighted by atomic mass is 10.3. The maximum Gasteiger partial charge on any atom is 0.122 e. The number of hydrogen-bond donors (Lipinski definition) is 1. The van der Waals surface area contributed by atoms with Gasteiger partial charge in [-0.2, -0.15) is 0 Å². The molecule has 66 valence electrons. The van der Waals surface area contributed by atoms with Crippen molar-refractivity contribution in [1.29, 1.82) is 0 Å².